The number of aryl methyl sites for hydroxylation is 5. The molecule has 7 aromatic heterocycles. The van der Waals surface area contributed by atoms with Crippen LogP contribution in [0.3, 0.4) is 0 Å². The second-order valence-electron chi connectivity index (χ2n) is 28.0. The maximum Gasteiger partial charge on any atom is 0.371 e. The number of oxime groups is 1. The molecule has 0 unspecified atom stereocenters. The van der Waals surface area contributed by atoms with Crippen LogP contribution in [0, 0.1) is 21.8 Å². The molecule has 0 saturated heterocycles. The van der Waals surface area contributed by atoms with Gasteiger partial charge < -0.3 is 34.6 Å². The molecule has 0 aliphatic heterocycles. The predicted octanol–water partition coefficient (Wildman–Crippen LogP) is 26.2. The Kier molecular flexibility index (Phi) is 32.2. The van der Waals surface area contributed by atoms with Crippen LogP contribution in [0.15, 0.2) is 202 Å². The number of carbonyl (C=O) groups is 2. The fraction of sp³-hybridized carbons (Fsp3) is 0.182. The number of para-hydroxylation sites is 1. The van der Waals surface area contributed by atoms with Gasteiger partial charge in [0.05, 0.1) is 76.1 Å². The molecule has 3 aliphatic carbocycles. The van der Waals surface area contributed by atoms with Gasteiger partial charge in [-0.15, -0.1) is 29.3 Å². The standard InChI is InChI=1S/C20H17ClIN3O.C20H20ClN3S2.C19H14Cl2N2O4.C17H14Cl2N4OS.C12H7Cl4N3O/c21-15-6-4-13(5-7-15)18-12-19(23-20(26)14-2-1-3-14)25(24-18)17-10-8-16(22)9-11-17;1-2-11-24-18(22)17-15-5-3-4-6-16(15)26-19(17)23-20(24)25-12-13-7-9-14(21)10-8-13;1-10(12-6-3-4-9-15(12)24)22-27-19(25)16-11(2)26-23-18(16)17-13(20)7-5-8-14(17)21;18-10-5-9(15(24)12(19)6-10)7-22-23-16-14-11-3-1-2-4-13(11)25-17(14)21-8-20-16;13-7-1-6(12(20)8(14)2-7)3-18-19-11-9(15)4-17-5-10(11)16/h4-12,14H,1-3H2,(H,23,26);2,7-10,22H,1,3-6,11-12H2;3-9,24H,1-2H3;5-8,24H,1-4H2,(H,20,21,23);1-5,20H,(H,17,19)/b;;22-10+;22-7+;18-3+. The number of aromatic nitrogens is 8. The van der Waals surface area contributed by atoms with E-state index in [0.29, 0.717) is 92.5 Å². The smallest absolute Gasteiger partial charge is 0.371 e. The van der Waals surface area contributed by atoms with Crippen molar-refractivity contribution in [1.29, 1.82) is 5.41 Å². The number of benzene rings is 7. The molecule has 17 rings (SSSR count). The molecule has 7 N–H and O–H groups in total. The van der Waals surface area contributed by atoms with Crippen molar-refractivity contribution < 1.29 is 34.3 Å². The third kappa shape index (κ3) is 22.9. The lowest BCUT2D eigenvalue weighted by atomic mass is 9.85. The lowest BCUT2D eigenvalue weighted by Crippen LogP contribution is -2.28. The number of hydrogen-bond donors (Lipinski definition) is 7. The topological polar surface area (TPSA) is 301 Å². The summed E-state index contributed by atoms with van der Waals surface area (Å²) in [5, 5.41) is 68.8. The van der Waals surface area contributed by atoms with Crippen LogP contribution in [0.4, 0.5) is 17.3 Å². The number of pyridine rings is 1. The third-order valence-electron chi connectivity index (χ3n) is 19.6. The molecule has 7 heterocycles. The number of phenolic OH excluding ortho intramolecular Hbond substituents is 3. The maximum atomic E-state index is 12.6. The number of hydrogen-bond acceptors (Lipinski definition) is 22. The number of nitrogens with one attached hydrogen (secondary N) is 4. The van der Waals surface area contributed by atoms with Crippen LogP contribution in [-0.4, -0.2) is 84.8 Å². The van der Waals surface area contributed by atoms with Crippen molar-refractivity contribution in [3.8, 4) is 45.5 Å². The Bertz CT molecular complexity index is 6410. The molecule has 1 saturated carbocycles. The first-order valence-corrected chi connectivity index (χ1v) is 45.7. The molecule has 14 aromatic rings. The first-order chi connectivity index (χ1) is 59.8. The summed E-state index contributed by atoms with van der Waals surface area (Å²) in [6, 6.07) is 42.9. The first-order valence-electron chi connectivity index (χ1n) is 38.2. The maximum absolute atomic E-state index is 12.6. The van der Waals surface area contributed by atoms with Crippen molar-refractivity contribution in [1.82, 2.24) is 39.4 Å². The lowest BCUT2D eigenvalue weighted by molar-refractivity contribution is -0.122. The molecular formula is C88H72Cl10IN15O7S3. The number of allylic oxidation sites excluding steroid dienone is 1. The van der Waals surface area contributed by atoms with E-state index in [0.717, 1.165) is 102 Å². The Balaban J connectivity index is 0.000000134. The highest BCUT2D eigenvalue weighted by Crippen LogP contribution is 2.42. The number of amides is 1. The molecule has 0 atom stereocenters. The number of anilines is 3. The number of carbonyl (C=O) groups excluding carboxylic acids is 2. The Hall–Kier alpha value is -9.34. The lowest BCUT2D eigenvalue weighted by Gasteiger charge is -2.24. The van der Waals surface area contributed by atoms with Gasteiger partial charge in [0.1, 0.15) is 61.6 Å². The highest BCUT2D eigenvalue weighted by Gasteiger charge is 2.30. The van der Waals surface area contributed by atoms with E-state index in [2.05, 4.69) is 80.8 Å². The molecule has 1 fully saturated rings. The average molecular weight is 2030 g/mol. The van der Waals surface area contributed by atoms with E-state index in [4.69, 9.17) is 141 Å². The van der Waals surface area contributed by atoms with Crippen molar-refractivity contribution in [2.75, 3.05) is 16.2 Å². The van der Waals surface area contributed by atoms with Gasteiger partial charge in [0, 0.05) is 97.9 Å². The summed E-state index contributed by atoms with van der Waals surface area (Å²) >= 11 is 67.2. The quantitative estimate of drug-likeness (QED) is 0.00753. The average Bonchev–Trinajstić information content (AvgIpc) is 1.61. The van der Waals surface area contributed by atoms with E-state index in [-0.39, 0.29) is 56.1 Å². The van der Waals surface area contributed by atoms with Crippen LogP contribution in [0.5, 0.6) is 17.2 Å². The van der Waals surface area contributed by atoms with Gasteiger partial charge in [-0.05, 0) is 214 Å². The van der Waals surface area contributed by atoms with E-state index in [9.17, 15) is 24.9 Å². The van der Waals surface area contributed by atoms with E-state index in [1.165, 1.54) is 108 Å². The molecule has 636 valence electrons. The summed E-state index contributed by atoms with van der Waals surface area (Å²) in [6.45, 7) is 7.65. The second kappa shape index (κ2) is 43.2. The Morgan fingerprint density at radius 2 is 1.28 bits per heavy atom. The molecule has 0 spiro atoms. The SMILES string of the molecule is C/C(=N\OC(=O)c1c(-c2c(Cl)cccc2Cl)noc1C)c1ccccc1O.C=CCn1c(SCc2ccc(Cl)cc2)nc2sc3c(c2c1=N)CCCC3.O=C(Nc1cc(-c2ccc(Cl)cc2)nn1-c1ccc(I)cc1)C1CCC1.Oc1c(Cl)cc(Cl)cc1/C=N/Nc1c(Cl)cncc1Cl.Oc1c(Cl)cc(Cl)cc1/C=N/Nc1ncnc2sc3c(c12)CCCC3. The second-order valence-corrected chi connectivity index (χ2v) is 36.5. The minimum Gasteiger partial charge on any atom is -0.507 e. The molecule has 124 heavy (non-hydrogen) atoms. The number of phenols is 3. The molecule has 0 radical (unpaired) electrons. The van der Waals surface area contributed by atoms with Crippen molar-refractivity contribution in [3.05, 3.63) is 291 Å². The molecule has 7 aromatic carbocycles. The predicted molar refractivity (Wildman–Crippen MR) is 513 cm³/mol. The highest BCUT2D eigenvalue weighted by atomic mass is 127. The van der Waals surface area contributed by atoms with Gasteiger partial charge >= 0.3 is 5.97 Å². The van der Waals surface area contributed by atoms with E-state index in [1.54, 1.807) is 95.4 Å². The Morgan fingerprint density at radius 1 is 0.685 bits per heavy atom. The zero-order valence-corrected chi connectivity index (χ0v) is 77.7. The minimum atomic E-state index is -0.783. The van der Waals surface area contributed by atoms with Crippen molar-refractivity contribution in [3.63, 3.8) is 0 Å². The number of hydrazone groups is 2. The number of fused-ring (bicyclic) bond motifs is 6. The van der Waals surface area contributed by atoms with Crippen LogP contribution in [-0.2, 0) is 47.6 Å². The van der Waals surface area contributed by atoms with Gasteiger partial charge in [0.15, 0.2) is 11.0 Å². The summed E-state index contributed by atoms with van der Waals surface area (Å²) in [5.41, 5.74) is 15.3. The van der Waals surface area contributed by atoms with E-state index >= 15 is 0 Å². The number of rotatable bonds is 19. The molecular weight excluding hydrogens is 1960 g/mol. The van der Waals surface area contributed by atoms with Crippen LogP contribution < -0.4 is 21.7 Å². The summed E-state index contributed by atoms with van der Waals surface area (Å²) in [5.74, 6) is 1.67. The van der Waals surface area contributed by atoms with Gasteiger partial charge in [-0.2, -0.15) is 15.3 Å². The normalized spacial score (nSPS) is 13.0. The van der Waals surface area contributed by atoms with Gasteiger partial charge in [-0.3, -0.25) is 26.0 Å². The summed E-state index contributed by atoms with van der Waals surface area (Å²) < 4.78 is 10.1. The van der Waals surface area contributed by atoms with Gasteiger partial charge in [0.2, 0.25) is 5.91 Å². The number of halogens is 11. The zero-order valence-electron chi connectivity index (χ0n) is 65.6. The number of aromatic hydroxyl groups is 3. The zero-order chi connectivity index (χ0) is 87.8. The Labute approximate surface area is 787 Å². The summed E-state index contributed by atoms with van der Waals surface area (Å²) in [4.78, 5) is 52.4. The van der Waals surface area contributed by atoms with Crippen molar-refractivity contribution in [2.24, 2.45) is 21.3 Å². The summed E-state index contributed by atoms with van der Waals surface area (Å²) in [7, 11) is 0. The van der Waals surface area contributed by atoms with Crippen molar-refractivity contribution in [2.45, 2.75) is 102 Å². The number of thiophene rings is 2. The molecule has 36 heteroatoms. The molecule has 1 amide bonds. The summed E-state index contributed by atoms with van der Waals surface area (Å²) in [6.07, 6.45) is 21.4. The van der Waals surface area contributed by atoms with E-state index < -0.39 is 5.97 Å². The highest BCUT2D eigenvalue weighted by molar-refractivity contribution is 14.1. The van der Waals surface area contributed by atoms with Crippen LogP contribution in [0.1, 0.15) is 111 Å². The van der Waals surface area contributed by atoms with Gasteiger partial charge in [-0.25, -0.2) is 24.4 Å². The van der Waals surface area contributed by atoms with Crippen LogP contribution >= 0.6 is 173 Å². The Morgan fingerprint density at radius 3 is 1.90 bits per heavy atom. The van der Waals surface area contributed by atoms with Crippen LogP contribution in [0.25, 0.3) is 48.6 Å². The van der Waals surface area contributed by atoms with Gasteiger partial charge in [-0.1, -0.05) is 193 Å². The minimum absolute atomic E-state index is 0.0273. The molecule has 3 aliphatic rings. The van der Waals surface area contributed by atoms with Crippen LogP contribution in [0.2, 0.25) is 50.2 Å². The van der Waals surface area contributed by atoms with Crippen molar-refractivity contribution >= 4 is 241 Å². The number of nitrogens with zero attached hydrogens (tertiary/aromatic N) is 11. The van der Waals surface area contributed by atoms with E-state index in [1.807, 2.05) is 89.5 Å². The third-order valence-corrected chi connectivity index (χ3v) is 26.5. The fourth-order valence-corrected chi connectivity index (χ4v) is 19.4. The van der Waals surface area contributed by atoms with Gasteiger partial charge in [0.25, 0.3) is 0 Å². The fourth-order valence-electron chi connectivity index (χ4n) is 13.2. The monoisotopic (exact) mass is 2020 g/mol. The molecule has 0 bridgehead atoms. The molecule has 22 nitrogen and oxygen atoms in total. The first kappa shape index (κ1) is 92.3. The number of thioether (sulfide) groups is 1. The largest absolute Gasteiger partial charge is 0.507 e.